The lowest BCUT2D eigenvalue weighted by molar-refractivity contribution is -0.131. The number of piperazine rings is 1. The highest BCUT2D eigenvalue weighted by Crippen LogP contribution is 2.17. The second kappa shape index (κ2) is 8.98. The summed E-state index contributed by atoms with van der Waals surface area (Å²) in [6.07, 6.45) is 2.31. The topological polar surface area (TPSA) is 80.0 Å². The van der Waals surface area contributed by atoms with Crippen LogP contribution in [0.5, 0.6) is 0 Å². The van der Waals surface area contributed by atoms with Gasteiger partial charge in [0.15, 0.2) is 0 Å². The van der Waals surface area contributed by atoms with E-state index in [0.29, 0.717) is 18.1 Å². The summed E-state index contributed by atoms with van der Waals surface area (Å²) in [6.45, 7) is 8.18. The molecule has 1 aliphatic heterocycles. The molecule has 0 N–H and O–H groups in total. The fraction of sp³-hybridized carbons (Fsp3) is 0.588. The highest BCUT2D eigenvalue weighted by atomic mass is 32.2. The third kappa shape index (κ3) is 4.94. The summed E-state index contributed by atoms with van der Waals surface area (Å²) in [6, 6.07) is 5.91. The van der Waals surface area contributed by atoms with E-state index in [1.54, 1.807) is 18.0 Å². The minimum absolute atomic E-state index is 0.195. The van der Waals surface area contributed by atoms with E-state index in [9.17, 15) is 4.79 Å². The van der Waals surface area contributed by atoms with Crippen molar-refractivity contribution in [1.82, 2.24) is 30.1 Å². The molecule has 0 atom stereocenters. The van der Waals surface area contributed by atoms with Crippen LogP contribution in [-0.2, 0) is 11.3 Å². The fourth-order valence-electron chi connectivity index (χ4n) is 2.87. The molecule has 1 amide bonds. The van der Waals surface area contributed by atoms with Gasteiger partial charge < -0.3 is 9.80 Å². The Hall–Kier alpha value is -2.16. The number of anilines is 1. The molecule has 1 saturated heterocycles. The molecule has 3 rings (SSSR count). The van der Waals surface area contributed by atoms with Gasteiger partial charge in [-0.1, -0.05) is 31.7 Å². The molecule has 3 heterocycles. The average Bonchev–Trinajstić information content (AvgIpc) is 3.09. The summed E-state index contributed by atoms with van der Waals surface area (Å²) in [5.41, 5.74) is 0. The van der Waals surface area contributed by atoms with Crippen LogP contribution in [0.4, 0.5) is 5.82 Å². The number of hydrogen-bond acceptors (Lipinski definition) is 7. The molecule has 9 heteroatoms. The summed E-state index contributed by atoms with van der Waals surface area (Å²) in [5, 5.41) is 12.6. The Kier molecular flexibility index (Phi) is 6.43. The Bertz CT molecular complexity index is 698. The predicted octanol–water partition coefficient (Wildman–Crippen LogP) is 1.56. The van der Waals surface area contributed by atoms with Crippen LogP contribution in [0, 0.1) is 5.92 Å². The number of carbonyl (C=O) groups is 1. The monoisotopic (exact) mass is 375 g/mol. The molecule has 0 radical (unpaired) electrons. The van der Waals surface area contributed by atoms with Crippen LogP contribution in [-0.4, -0.2) is 67.9 Å². The van der Waals surface area contributed by atoms with Crippen LogP contribution in [0.1, 0.15) is 20.3 Å². The van der Waals surface area contributed by atoms with Gasteiger partial charge in [-0.15, -0.1) is 5.10 Å². The van der Waals surface area contributed by atoms with E-state index in [0.717, 1.165) is 43.7 Å². The van der Waals surface area contributed by atoms with Crippen molar-refractivity contribution in [3.05, 3.63) is 24.4 Å². The molecular formula is C17H25N7OS. The molecule has 0 saturated carbocycles. The van der Waals surface area contributed by atoms with Crippen LogP contribution in [0.15, 0.2) is 29.6 Å². The van der Waals surface area contributed by atoms with E-state index in [2.05, 4.69) is 39.3 Å². The third-order valence-corrected chi connectivity index (χ3v) is 5.15. The fourth-order valence-corrected chi connectivity index (χ4v) is 3.69. The van der Waals surface area contributed by atoms with Crippen molar-refractivity contribution in [3.8, 4) is 0 Å². The lowest BCUT2D eigenvalue weighted by atomic mass is 10.2. The summed E-state index contributed by atoms with van der Waals surface area (Å²) in [5.74, 6) is 2.35. The van der Waals surface area contributed by atoms with Crippen LogP contribution < -0.4 is 4.90 Å². The minimum atomic E-state index is 0.195. The standard InChI is InChI=1S/C17H25N7OS/c1-14(2)13-24-17(19-20-21-24)26-12-6-16(25)23-10-8-22(9-11-23)15-5-3-4-7-18-15/h3-5,7,14H,6,8-13H2,1-2H3. The van der Waals surface area contributed by atoms with Gasteiger partial charge in [-0.2, -0.15) is 0 Å². The first-order valence-corrected chi connectivity index (χ1v) is 9.95. The predicted molar refractivity (Wildman–Crippen MR) is 101 cm³/mol. The Morgan fingerprint density at radius 3 is 2.73 bits per heavy atom. The first-order valence-electron chi connectivity index (χ1n) is 8.96. The number of aromatic nitrogens is 5. The summed E-state index contributed by atoms with van der Waals surface area (Å²) in [7, 11) is 0. The molecule has 0 bridgehead atoms. The van der Waals surface area contributed by atoms with Gasteiger partial charge in [-0.05, 0) is 28.5 Å². The number of thioether (sulfide) groups is 1. The van der Waals surface area contributed by atoms with Crippen molar-refractivity contribution < 1.29 is 4.79 Å². The molecule has 0 unspecified atom stereocenters. The zero-order chi connectivity index (χ0) is 18.4. The maximum absolute atomic E-state index is 12.5. The molecule has 2 aromatic rings. The van der Waals surface area contributed by atoms with Gasteiger partial charge in [-0.25, -0.2) is 9.67 Å². The van der Waals surface area contributed by atoms with Gasteiger partial charge in [0, 0.05) is 51.1 Å². The van der Waals surface area contributed by atoms with E-state index in [1.165, 1.54) is 0 Å². The Morgan fingerprint density at radius 2 is 2.04 bits per heavy atom. The van der Waals surface area contributed by atoms with Crippen molar-refractivity contribution in [2.75, 3.05) is 36.8 Å². The Morgan fingerprint density at radius 1 is 1.23 bits per heavy atom. The number of pyridine rings is 1. The van der Waals surface area contributed by atoms with E-state index in [1.807, 2.05) is 27.8 Å². The van der Waals surface area contributed by atoms with E-state index in [-0.39, 0.29) is 5.91 Å². The SMILES string of the molecule is CC(C)Cn1nnnc1SCCC(=O)N1CCN(c2ccccn2)CC1. The van der Waals surface area contributed by atoms with E-state index >= 15 is 0 Å². The number of hydrogen-bond donors (Lipinski definition) is 0. The van der Waals surface area contributed by atoms with Crippen molar-refractivity contribution in [2.24, 2.45) is 5.92 Å². The number of tetrazole rings is 1. The van der Waals surface area contributed by atoms with Gasteiger partial charge in [-0.3, -0.25) is 4.79 Å². The second-order valence-electron chi connectivity index (χ2n) is 6.69. The highest BCUT2D eigenvalue weighted by molar-refractivity contribution is 7.99. The minimum Gasteiger partial charge on any atom is -0.353 e. The zero-order valence-corrected chi connectivity index (χ0v) is 16.1. The number of amides is 1. The molecule has 0 spiro atoms. The maximum atomic E-state index is 12.5. The molecule has 1 aliphatic rings. The van der Waals surface area contributed by atoms with Crippen molar-refractivity contribution in [2.45, 2.75) is 32.0 Å². The number of rotatable bonds is 7. The molecule has 8 nitrogen and oxygen atoms in total. The molecule has 0 aliphatic carbocycles. The first kappa shape index (κ1) is 18.6. The van der Waals surface area contributed by atoms with Crippen molar-refractivity contribution >= 4 is 23.5 Å². The third-order valence-electron chi connectivity index (χ3n) is 4.19. The lowest BCUT2D eigenvalue weighted by Gasteiger charge is -2.35. The van der Waals surface area contributed by atoms with Crippen LogP contribution in [0.2, 0.25) is 0 Å². The average molecular weight is 376 g/mol. The molecular weight excluding hydrogens is 350 g/mol. The summed E-state index contributed by atoms with van der Waals surface area (Å²) >= 11 is 1.54. The van der Waals surface area contributed by atoms with Crippen molar-refractivity contribution in [1.29, 1.82) is 0 Å². The van der Waals surface area contributed by atoms with Gasteiger partial charge in [0.2, 0.25) is 11.1 Å². The first-order chi connectivity index (χ1) is 12.6. The van der Waals surface area contributed by atoms with E-state index in [4.69, 9.17) is 0 Å². The van der Waals surface area contributed by atoms with Gasteiger partial charge >= 0.3 is 0 Å². The molecule has 2 aromatic heterocycles. The largest absolute Gasteiger partial charge is 0.353 e. The van der Waals surface area contributed by atoms with Crippen LogP contribution >= 0.6 is 11.8 Å². The van der Waals surface area contributed by atoms with Crippen LogP contribution in [0.3, 0.4) is 0 Å². The highest BCUT2D eigenvalue weighted by Gasteiger charge is 2.21. The molecule has 1 fully saturated rings. The van der Waals surface area contributed by atoms with Gasteiger partial charge in [0.1, 0.15) is 5.82 Å². The molecule has 26 heavy (non-hydrogen) atoms. The molecule has 0 aromatic carbocycles. The number of carbonyl (C=O) groups excluding carboxylic acids is 1. The Balaban J connectivity index is 1.42. The Labute approximate surface area is 158 Å². The summed E-state index contributed by atoms with van der Waals surface area (Å²) in [4.78, 5) is 21.0. The quantitative estimate of drug-likeness (QED) is 0.679. The van der Waals surface area contributed by atoms with Crippen molar-refractivity contribution in [3.63, 3.8) is 0 Å². The van der Waals surface area contributed by atoms with E-state index < -0.39 is 0 Å². The van der Waals surface area contributed by atoms with Crippen LogP contribution in [0.25, 0.3) is 0 Å². The van der Waals surface area contributed by atoms with Gasteiger partial charge in [0.25, 0.3) is 0 Å². The lowest BCUT2D eigenvalue weighted by Crippen LogP contribution is -2.49. The molecule has 140 valence electrons. The zero-order valence-electron chi connectivity index (χ0n) is 15.3. The van der Waals surface area contributed by atoms with Gasteiger partial charge in [0.05, 0.1) is 0 Å². The maximum Gasteiger partial charge on any atom is 0.223 e. The summed E-state index contributed by atoms with van der Waals surface area (Å²) < 4.78 is 1.81. The number of nitrogens with zero attached hydrogens (tertiary/aromatic N) is 7. The smallest absolute Gasteiger partial charge is 0.223 e. The normalized spacial score (nSPS) is 14.9. The second-order valence-corrected chi connectivity index (χ2v) is 7.75.